The van der Waals surface area contributed by atoms with Crippen LogP contribution >= 0.6 is 11.8 Å². The molecule has 0 bridgehead atoms. The summed E-state index contributed by atoms with van der Waals surface area (Å²) >= 11 is 1.28. The van der Waals surface area contributed by atoms with E-state index in [1.54, 1.807) is 41.6 Å². The largest absolute Gasteiger partial charge is 0.479 e. The summed E-state index contributed by atoms with van der Waals surface area (Å²) in [5.41, 5.74) is 3.77. The van der Waals surface area contributed by atoms with Gasteiger partial charge in [-0.2, -0.15) is 0 Å². The van der Waals surface area contributed by atoms with E-state index in [1.807, 2.05) is 36.4 Å². The van der Waals surface area contributed by atoms with Gasteiger partial charge in [-0.15, -0.1) is 11.8 Å². The maximum Gasteiger partial charge on any atom is 0.335 e. The van der Waals surface area contributed by atoms with Gasteiger partial charge in [0.1, 0.15) is 35.1 Å². The number of hydrogen-bond donors (Lipinski definition) is 5. The number of aliphatic hydroxyl groups is 4. The molecule has 2 fully saturated rings. The molecule has 5 N–H and O–H groups in total. The van der Waals surface area contributed by atoms with Crippen LogP contribution in [0.1, 0.15) is 23.3 Å². The number of aromatic nitrogens is 1. The number of amides is 1. The maximum atomic E-state index is 13.6. The van der Waals surface area contributed by atoms with Gasteiger partial charge in [-0.25, -0.2) is 9.18 Å². The number of aliphatic carboxylic acids is 1. The molecule has 47 heavy (non-hydrogen) atoms. The Balaban J connectivity index is 1.22. The van der Waals surface area contributed by atoms with E-state index in [0.29, 0.717) is 11.3 Å². The summed E-state index contributed by atoms with van der Waals surface area (Å²) in [4.78, 5) is 30.9. The second-order valence-corrected chi connectivity index (χ2v) is 12.4. The van der Waals surface area contributed by atoms with Crippen molar-refractivity contribution in [2.24, 2.45) is 0 Å². The zero-order chi connectivity index (χ0) is 33.2. The molecule has 6 rings (SSSR count). The van der Waals surface area contributed by atoms with Gasteiger partial charge in [-0.05, 0) is 64.7 Å². The molecule has 0 saturated carbocycles. The van der Waals surface area contributed by atoms with E-state index in [2.05, 4.69) is 4.98 Å². The van der Waals surface area contributed by atoms with Crippen LogP contribution in [-0.4, -0.2) is 84.1 Å². The smallest absolute Gasteiger partial charge is 0.335 e. The minimum absolute atomic E-state index is 0.160. The van der Waals surface area contributed by atoms with Crippen LogP contribution in [0.2, 0.25) is 0 Å². The number of carboxylic acids is 1. The Hall–Kier alpha value is -4.37. The molecule has 3 heterocycles. The Kier molecular flexibility index (Phi) is 9.55. The van der Waals surface area contributed by atoms with Crippen LogP contribution in [0.5, 0.6) is 5.75 Å². The number of anilines is 1. The molecule has 244 valence electrons. The topological polar surface area (TPSA) is 170 Å². The van der Waals surface area contributed by atoms with Crippen molar-refractivity contribution >= 4 is 29.3 Å². The summed E-state index contributed by atoms with van der Waals surface area (Å²) in [6.45, 7) is 0. The van der Waals surface area contributed by atoms with Crippen molar-refractivity contribution in [1.82, 2.24) is 4.98 Å². The Morgan fingerprint density at radius 3 is 2.28 bits per heavy atom. The highest BCUT2D eigenvalue weighted by Crippen LogP contribution is 2.46. The van der Waals surface area contributed by atoms with Gasteiger partial charge in [0, 0.05) is 23.8 Å². The molecule has 11 nitrogen and oxygen atoms in total. The molecule has 3 aromatic carbocycles. The summed E-state index contributed by atoms with van der Waals surface area (Å²) in [6.07, 6.45) is -6.25. The molecular weight excluding hydrogens is 631 g/mol. The lowest BCUT2D eigenvalue weighted by Gasteiger charge is -2.47. The molecule has 2 saturated heterocycles. The quantitative estimate of drug-likeness (QED) is 0.158. The zero-order valence-corrected chi connectivity index (χ0v) is 25.4. The third kappa shape index (κ3) is 6.72. The monoisotopic (exact) mass is 662 g/mol. The van der Waals surface area contributed by atoms with Gasteiger partial charge in [-0.1, -0.05) is 42.5 Å². The van der Waals surface area contributed by atoms with Crippen LogP contribution in [0.25, 0.3) is 11.1 Å². The van der Waals surface area contributed by atoms with Gasteiger partial charge in [-0.3, -0.25) is 9.78 Å². The van der Waals surface area contributed by atoms with Crippen molar-refractivity contribution in [3.63, 3.8) is 0 Å². The standard InChI is InChI=1S/C34H31FN2O9S/c35-22-9-3-19(4-10-22)25(38)17-47-31-26(37(32(31)42)23-11-5-18(6-12-23)21-2-1-15-36-16-21)20-7-13-24(14-8-20)45-34-29(41)27(39)28(40)30(46-34)33(43)44/h1-16,25-31,34,38-41H,17H2,(H,43,44)/t25-,26+,27?,28?,29?,30?,31+,34?/m0/s1. The van der Waals surface area contributed by atoms with Gasteiger partial charge in [0.2, 0.25) is 12.2 Å². The van der Waals surface area contributed by atoms with Crippen molar-refractivity contribution < 1.29 is 49.0 Å². The fraction of sp³-hybridized carbons (Fsp3) is 0.265. The number of pyridine rings is 1. The number of carboxylic acid groups (broad SMARTS) is 1. The number of ether oxygens (including phenoxy) is 2. The van der Waals surface area contributed by atoms with Crippen LogP contribution in [0.3, 0.4) is 0 Å². The van der Waals surface area contributed by atoms with Crippen LogP contribution in [-0.2, 0) is 14.3 Å². The van der Waals surface area contributed by atoms with E-state index in [4.69, 9.17) is 9.47 Å². The molecule has 2 aliphatic heterocycles. The lowest BCUT2D eigenvalue weighted by atomic mass is 9.92. The first-order valence-corrected chi connectivity index (χ1v) is 15.7. The minimum atomic E-state index is -1.85. The van der Waals surface area contributed by atoms with Crippen LogP contribution in [0.4, 0.5) is 10.1 Å². The number of β-lactam (4-membered cyclic amide) rings is 1. The van der Waals surface area contributed by atoms with Crippen LogP contribution < -0.4 is 9.64 Å². The molecule has 8 atom stereocenters. The van der Waals surface area contributed by atoms with E-state index in [0.717, 1.165) is 16.7 Å². The van der Waals surface area contributed by atoms with E-state index >= 15 is 0 Å². The Labute approximate surface area is 272 Å². The lowest BCUT2D eigenvalue weighted by Crippen LogP contribution is -2.61. The highest BCUT2D eigenvalue weighted by Gasteiger charge is 2.50. The summed E-state index contributed by atoms with van der Waals surface area (Å²) in [6, 6.07) is 22.9. The van der Waals surface area contributed by atoms with Crippen LogP contribution in [0, 0.1) is 5.82 Å². The number of carbonyl (C=O) groups is 2. The number of halogens is 1. The average molecular weight is 663 g/mol. The molecule has 1 aromatic heterocycles. The van der Waals surface area contributed by atoms with Crippen molar-refractivity contribution in [1.29, 1.82) is 0 Å². The number of rotatable bonds is 10. The minimum Gasteiger partial charge on any atom is -0.479 e. The Bertz CT molecular complexity index is 1700. The molecule has 13 heteroatoms. The van der Waals surface area contributed by atoms with E-state index in [-0.39, 0.29) is 17.4 Å². The summed E-state index contributed by atoms with van der Waals surface area (Å²) < 4.78 is 24.3. The van der Waals surface area contributed by atoms with E-state index in [9.17, 15) is 39.5 Å². The molecule has 0 spiro atoms. The molecule has 0 radical (unpaired) electrons. The number of carbonyl (C=O) groups excluding carboxylic acids is 1. The van der Waals surface area contributed by atoms with Crippen molar-refractivity contribution in [2.45, 2.75) is 48.1 Å². The van der Waals surface area contributed by atoms with Crippen LogP contribution in [0.15, 0.2) is 97.3 Å². The molecule has 5 unspecified atom stereocenters. The third-order valence-corrected chi connectivity index (χ3v) is 9.49. The van der Waals surface area contributed by atoms with Crippen molar-refractivity contribution in [2.75, 3.05) is 10.7 Å². The van der Waals surface area contributed by atoms with E-state index < -0.39 is 59.9 Å². The number of nitrogens with zero attached hydrogens (tertiary/aromatic N) is 2. The third-order valence-electron chi connectivity index (χ3n) is 8.16. The molecule has 1 amide bonds. The van der Waals surface area contributed by atoms with E-state index in [1.165, 1.54) is 36.0 Å². The molecule has 4 aromatic rings. The maximum absolute atomic E-state index is 13.6. The van der Waals surface area contributed by atoms with Crippen molar-refractivity contribution in [3.05, 3.63) is 114 Å². The first-order valence-electron chi connectivity index (χ1n) is 14.7. The average Bonchev–Trinajstić information content (AvgIpc) is 3.08. The predicted octanol–water partition coefficient (Wildman–Crippen LogP) is 3.08. The van der Waals surface area contributed by atoms with Gasteiger partial charge < -0.3 is 39.9 Å². The fourth-order valence-corrected chi connectivity index (χ4v) is 6.89. The lowest BCUT2D eigenvalue weighted by molar-refractivity contribution is -0.271. The molecule has 2 aliphatic rings. The second kappa shape index (κ2) is 13.8. The fourth-order valence-electron chi connectivity index (χ4n) is 5.59. The highest BCUT2D eigenvalue weighted by atomic mass is 32.2. The Morgan fingerprint density at radius 1 is 0.936 bits per heavy atom. The normalized spacial score (nSPS) is 26.4. The summed E-state index contributed by atoms with van der Waals surface area (Å²) in [5, 5.41) is 49.9. The highest BCUT2D eigenvalue weighted by molar-refractivity contribution is 8.00. The van der Waals surface area contributed by atoms with Gasteiger partial charge in [0.05, 0.1) is 12.1 Å². The van der Waals surface area contributed by atoms with Crippen molar-refractivity contribution in [3.8, 4) is 16.9 Å². The summed E-state index contributed by atoms with van der Waals surface area (Å²) in [5.74, 6) is -1.74. The SMILES string of the molecule is O=C(O)C1OC(Oc2ccc([C@@H]3[C@@H](SC[C@H](O)c4ccc(F)cc4)C(=O)N3c3ccc(-c4cccnc4)cc3)cc2)C(O)C(O)C1O. The summed E-state index contributed by atoms with van der Waals surface area (Å²) in [7, 11) is 0. The number of benzene rings is 3. The molecular formula is C34H31FN2O9S. The van der Waals surface area contributed by atoms with Gasteiger partial charge >= 0.3 is 5.97 Å². The number of thioether (sulfide) groups is 1. The van der Waals surface area contributed by atoms with Gasteiger partial charge in [0.15, 0.2) is 6.10 Å². The number of hydrogen-bond acceptors (Lipinski definition) is 10. The molecule has 0 aliphatic carbocycles. The number of aliphatic hydroxyl groups excluding tert-OH is 4. The first kappa shape index (κ1) is 32.6. The van der Waals surface area contributed by atoms with Gasteiger partial charge in [0.25, 0.3) is 0 Å². The zero-order valence-electron chi connectivity index (χ0n) is 24.6. The predicted molar refractivity (Wildman–Crippen MR) is 169 cm³/mol. The Morgan fingerprint density at radius 2 is 1.64 bits per heavy atom. The second-order valence-electron chi connectivity index (χ2n) is 11.2. The first-order chi connectivity index (χ1) is 22.6.